The second kappa shape index (κ2) is 11.0. The van der Waals surface area contributed by atoms with Crippen molar-refractivity contribution in [3.8, 4) is 0 Å². The fourth-order valence-corrected chi connectivity index (χ4v) is 5.35. The maximum atomic E-state index is 13.4. The SMILES string of the molecule is CC(C)C[C@@H](C(=O)N[C@@H]1CC[C@H]2CN(Cc3ccc(C(F)(F)F)cc3)C[C@H]21)N(C)C(=O)OC(C)(C)C. The average Bonchev–Trinajstić information content (AvgIpc) is 3.31. The van der Waals surface area contributed by atoms with Crippen LogP contribution in [-0.2, 0) is 22.3 Å². The number of hydrogen-bond acceptors (Lipinski definition) is 4. The monoisotopic (exact) mass is 511 g/mol. The van der Waals surface area contributed by atoms with Crippen LogP contribution < -0.4 is 5.32 Å². The van der Waals surface area contributed by atoms with Gasteiger partial charge in [-0.15, -0.1) is 0 Å². The molecule has 1 aromatic carbocycles. The Labute approximate surface area is 212 Å². The first kappa shape index (κ1) is 28.3. The number of rotatable bonds is 7. The van der Waals surface area contributed by atoms with Gasteiger partial charge in [-0.2, -0.15) is 13.2 Å². The molecule has 1 saturated heterocycles. The molecule has 2 aliphatic rings. The van der Waals surface area contributed by atoms with Crippen molar-refractivity contribution >= 4 is 12.0 Å². The molecule has 1 aliphatic carbocycles. The Morgan fingerprint density at radius 1 is 1.11 bits per heavy atom. The van der Waals surface area contributed by atoms with E-state index in [9.17, 15) is 22.8 Å². The third-order valence-electron chi connectivity index (χ3n) is 7.09. The Kier molecular flexibility index (Phi) is 8.63. The molecule has 2 fully saturated rings. The Morgan fingerprint density at radius 2 is 1.75 bits per heavy atom. The van der Waals surface area contributed by atoms with Crippen LogP contribution in [0.25, 0.3) is 0 Å². The van der Waals surface area contributed by atoms with Crippen molar-refractivity contribution in [3.63, 3.8) is 0 Å². The Balaban J connectivity index is 1.60. The lowest BCUT2D eigenvalue weighted by molar-refractivity contribution is -0.137. The second-order valence-electron chi connectivity index (χ2n) is 11.7. The summed E-state index contributed by atoms with van der Waals surface area (Å²) in [7, 11) is 1.61. The number of fused-ring (bicyclic) bond motifs is 1. The number of hydrogen-bond donors (Lipinski definition) is 1. The molecule has 1 N–H and O–H groups in total. The summed E-state index contributed by atoms with van der Waals surface area (Å²) in [5.74, 6) is 0.781. The van der Waals surface area contributed by atoms with Gasteiger partial charge in [0.25, 0.3) is 0 Å². The highest BCUT2D eigenvalue weighted by atomic mass is 19.4. The van der Waals surface area contributed by atoms with E-state index in [0.29, 0.717) is 18.9 Å². The van der Waals surface area contributed by atoms with Gasteiger partial charge in [0.1, 0.15) is 11.6 Å². The Hall–Kier alpha value is -2.29. The number of halogens is 3. The van der Waals surface area contributed by atoms with Gasteiger partial charge >= 0.3 is 12.3 Å². The molecule has 1 heterocycles. The minimum Gasteiger partial charge on any atom is -0.444 e. The Bertz CT molecular complexity index is 912. The largest absolute Gasteiger partial charge is 0.444 e. The Morgan fingerprint density at radius 3 is 2.31 bits per heavy atom. The van der Waals surface area contributed by atoms with E-state index in [2.05, 4.69) is 10.2 Å². The lowest BCUT2D eigenvalue weighted by atomic mass is 9.96. The van der Waals surface area contributed by atoms with Gasteiger partial charge in [0.05, 0.1) is 5.56 Å². The van der Waals surface area contributed by atoms with Gasteiger partial charge in [0.15, 0.2) is 0 Å². The molecule has 1 aromatic rings. The molecule has 0 unspecified atom stereocenters. The van der Waals surface area contributed by atoms with E-state index >= 15 is 0 Å². The standard InChI is InChI=1S/C27H40F3N3O3/c1-17(2)13-23(32(6)25(35)36-26(3,4)5)24(34)31-22-12-9-19-15-33(16-21(19)22)14-18-7-10-20(11-8-18)27(28,29)30/h7-8,10-11,17,19,21-23H,9,12-16H2,1-6H3,(H,31,34)/t19-,21+,22+,23-/m0/s1. The summed E-state index contributed by atoms with van der Waals surface area (Å²) in [4.78, 5) is 29.7. The average molecular weight is 512 g/mol. The highest BCUT2D eigenvalue weighted by Crippen LogP contribution is 2.39. The number of amides is 2. The van der Waals surface area contributed by atoms with Crippen molar-refractivity contribution in [3.05, 3.63) is 35.4 Å². The number of likely N-dealkylation sites (tertiary alicyclic amines) is 1. The molecule has 3 rings (SSSR count). The quantitative estimate of drug-likeness (QED) is 0.539. The normalized spacial score (nSPS) is 23.4. The number of carbonyl (C=O) groups is 2. The van der Waals surface area contributed by atoms with Crippen LogP contribution in [-0.4, -0.2) is 59.6 Å². The number of carbonyl (C=O) groups excluding carboxylic acids is 2. The van der Waals surface area contributed by atoms with Crippen LogP contribution in [0.15, 0.2) is 24.3 Å². The van der Waals surface area contributed by atoms with Gasteiger partial charge in [-0.1, -0.05) is 26.0 Å². The van der Waals surface area contributed by atoms with E-state index in [0.717, 1.165) is 43.6 Å². The van der Waals surface area contributed by atoms with Gasteiger partial charge in [-0.3, -0.25) is 14.6 Å². The van der Waals surface area contributed by atoms with Crippen LogP contribution >= 0.6 is 0 Å². The summed E-state index contributed by atoms with van der Waals surface area (Å²) in [6, 6.07) is 4.74. The van der Waals surface area contributed by atoms with E-state index in [1.165, 1.54) is 4.90 Å². The molecular weight excluding hydrogens is 471 g/mol. The first-order valence-corrected chi connectivity index (χ1v) is 12.8. The zero-order chi connectivity index (χ0) is 26.8. The van der Waals surface area contributed by atoms with Crippen molar-refractivity contribution in [1.82, 2.24) is 15.1 Å². The van der Waals surface area contributed by atoms with Crippen LogP contribution in [0.1, 0.15) is 65.0 Å². The molecule has 4 atom stereocenters. The zero-order valence-electron chi connectivity index (χ0n) is 22.2. The number of alkyl halides is 3. The van der Waals surface area contributed by atoms with Crippen LogP contribution in [0, 0.1) is 17.8 Å². The molecule has 9 heteroatoms. The highest BCUT2D eigenvalue weighted by Gasteiger charge is 2.44. The summed E-state index contributed by atoms with van der Waals surface area (Å²) in [5.41, 5.74) is -0.442. The number of benzene rings is 1. The highest BCUT2D eigenvalue weighted by molar-refractivity contribution is 5.86. The maximum Gasteiger partial charge on any atom is 0.416 e. The van der Waals surface area contributed by atoms with Crippen LogP contribution in [0.5, 0.6) is 0 Å². The molecule has 2 amide bonds. The van der Waals surface area contributed by atoms with E-state index < -0.39 is 29.5 Å². The molecule has 202 valence electrons. The number of nitrogens with one attached hydrogen (secondary N) is 1. The predicted molar refractivity (Wildman–Crippen MR) is 132 cm³/mol. The van der Waals surface area contributed by atoms with Gasteiger partial charge in [0.2, 0.25) is 5.91 Å². The molecule has 0 bridgehead atoms. The van der Waals surface area contributed by atoms with Crippen LogP contribution in [0.4, 0.5) is 18.0 Å². The topological polar surface area (TPSA) is 61.9 Å². The molecule has 1 saturated carbocycles. The van der Waals surface area contributed by atoms with Gasteiger partial charge in [-0.05, 0) is 75.5 Å². The van der Waals surface area contributed by atoms with E-state index in [1.54, 1.807) is 40.0 Å². The third kappa shape index (κ3) is 7.37. The van der Waals surface area contributed by atoms with Crippen molar-refractivity contribution in [2.45, 2.75) is 84.3 Å². The van der Waals surface area contributed by atoms with Gasteiger partial charge < -0.3 is 10.1 Å². The summed E-state index contributed by atoms with van der Waals surface area (Å²) >= 11 is 0. The predicted octanol–water partition coefficient (Wildman–Crippen LogP) is 5.31. The molecule has 1 aliphatic heterocycles. The van der Waals surface area contributed by atoms with Crippen molar-refractivity contribution in [2.24, 2.45) is 17.8 Å². The second-order valence-corrected chi connectivity index (χ2v) is 11.7. The van der Waals surface area contributed by atoms with E-state index in [1.807, 2.05) is 13.8 Å². The maximum absolute atomic E-state index is 13.4. The first-order valence-electron chi connectivity index (χ1n) is 12.8. The summed E-state index contributed by atoms with van der Waals surface area (Å²) < 4.78 is 44.0. The number of nitrogens with zero attached hydrogens (tertiary/aromatic N) is 2. The number of ether oxygens (including phenoxy) is 1. The first-order chi connectivity index (χ1) is 16.6. The fraction of sp³-hybridized carbons (Fsp3) is 0.704. The smallest absolute Gasteiger partial charge is 0.416 e. The van der Waals surface area contributed by atoms with Gasteiger partial charge in [-0.25, -0.2) is 4.79 Å². The zero-order valence-corrected chi connectivity index (χ0v) is 22.2. The molecule has 0 aromatic heterocycles. The summed E-state index contributed by atoms with van der Waals surface area (Å²) in [5, 5.41) is 3.22. The molecular formula is C27H40F3N3O3. The minimum absolute atomic E-state index is 0.0156. The lowest BCUT2D eigenvalue weighted by Gasteiger charge is -2.32. The molecule has 0 radical (unpaired) electrons. The van der Waals surface area contributed by atoms with Crippen molar-refractivity contribution in [1.29, 1.82) is 0 Å². The molecule has 0 spiro atoms. The van der Waals surface area contributed by atoms with Crippen molar-refractivity contribution in [2.75, 3.05) is 20.1 Å². The minimum atomic E-state index is -4.33. The van der Waals surface area contributed by atoms with Crippen molar-refractivity contribution < 1.29 is 27.5 Å². The van der Waals surface area contributed by atoms with Crippen LogP contribution in [0.2, 0.25) is 0 Å². The van der Waals surface area contributed by atoms with Crippen LogP contribution in [0.3, 0.4) is 0 Å². The van der Waals surface area contributed by atoms with E-state index in [4.69, 9.17) is 4.74 Å². The molecule has 36 heavy (non-hydrogen) atoms. The summed E-state index contributed by atoms with van der Waals surface area (Å²) in [6.45, 7) is 11.7. The molecule has 6 nitrogen and oxygen atoms in total. The van der Waals surface area contributed by atoms with E-state index in [-0.39, 0.29) is 23.8 Å². The summed E-state index contributed by atoms with van der Waals surface area (Å²) in [6.07, 6.45) is -2.44. The number of likely N-dealkylation sites (N-methyl/N-ethyl adjacent to an activating group) is 1. The van der Waals surface area contributed by atoms with Gasteiger partial charge in [0, 0.05) is 32.7 Å². The lowest BCUT2D eigenvalue weighted by Crippen LogP contribution is -2.52. The third-order valence-corrected chi connectivity index (χ3v) is 7.09. The fourth-order valence-electron chi connectivity index (χ4n) is 5.35.